The van der Waals surface area contributed by atoms with Gasteiger partial charge >= 0.3 is 6.03 Å². The van der Waals surface area contributed by atoms with Gasteiger partial charge in [0.2, 0.25) is 0 Å². The smallest absolute Gasteiger partial charge is 0.314 e. The van der Waals surface area contributed by atoms with E-state index in [4.69, 9.17) is 0 Å². The Balaban J connectivity index is 1.74. The summed E-state index contributed by atoms with van der Waals surface area (Å²) in [4.78, 5) is 11.8. The highest BCUT2D eigenvalue weighted by Crippen LogP contribution is 2.18. The Kier molecular flexibility index (Phi) is 5.39. The molecule has 0 aliphatic heterocycles. The SMILES string of the molecule is Cc1cccc(CCNC(=O)NCC(C)(O)c2cnn(C)c2)c1. The molecule has 0 radical (unpaired) electrons. The minimum Gasteiger partial charge on any atom is -0.383 e. The van der Waals surface area contributed by atoms with Crippen molar-refractivity contribution in [3.8, 4) is 0 Å². The molecular formula is C17H24N4O2. The molecule has 0 aliphatic rings. The highest BCUT2D eigenvalue weighted by atomic mass is 16.3. The molecule has 2 rings (SSSR count). The van der Waals surface area contributed by atoms with Crippen LogP contribution in [0.5, 0.6) is 0 Å². The lowest BCUT2D eigenvalue weighted by Gasteiger charge is -2.22. The number of urea groups is 1. The summed E-state index contributed by atoms with van der Waals surface area (Å²) in [7, 11) is 1.78. The van der Waals surface area contributed by atoms with Crippen LogP contribution in [0.1, 0.15) is 23.6 Å². The molecule has 2 aromatic rings. The average molecular weight is 316 g/mol. The van der Waals surface area contributed by atoms with Crippen LogP contribution in [0.4, 0.5) is 4.79 Å². The molecule has 124 valence electrons. The van der Waals surface area contributed by atoms with Crippen LogP contribution in [0.25, 0.3) is 0 Å². The molecule has 2 amide bonds. The zero-order valence-corrected chi connectivity index (χ0v) is 13.8. The molecular weight excluding hydrogens is 292 g/mol. The predicted octanol–water partition coefficient (Wildman–Crippen LogP) is 1.48. The van der Waals surface area contributed by atoms with E-state index < -0.39 is 5.60 Å². The molecule has 1 unspecified atom stereocenters. The molecule has 0 spiro atoms. The summed E-state index contributed by atoms with van der Waals surface area (Å²) in [6, 6.07) is 7.91. The van der Waals surface area contributed by atoms with E-state index in [-0.39, 0.29) is 12.6 Å². The first-order valence-electron chi connectivity index (χ1n) is 7.65. The highest BCUT2D eigenvalue weighted by Gasteiger charge is 2.25. The van der Waals surface area contributed by atoms with Crippen LogP contribution in [0, 0.1) is 6.92 Å². The third-order valence-corrected chi connectivity index (χ3v) is 3.70. The van der Waals surface area contributed by atoms with Crippen LogP contribution in [-0.2, 0) is 19.1 Å². The van der Waals surface area contributed by atoms with Crippen molar-refractivity contribution >= 4 is 6.03 Å². The summed E-state index contributed by atoms with van der Waals surface area (Å²) in [5, 5.41) is 19.9. The number of aromatic nitrogens is 2. The van der Waals surface area contributed by atoms with Crippen LogP contribution in [0.2, 0.25) is 0 Å². The molecule has 1 atom stereocenters. The third-order valence-electron chi connectivity index (χ3n) is 3.70. The van der Waals surface area contributed by atoms with Crippen molar-refractivity contribution in [1.29, 1.82) is 0 Å². The lowest BCUT2D eigenvalue weighted by atomic mass is 10.00. The van der Waals surface area contributed by atoms with Crippen molar-refractivity contribution in [1.82, 2.24) is 20.4 Å². The first-order valence-corrected chi connectivity index (χ1v) is 7.65. The molecule has 3 N–H and O–H groups in total. The van der Waals surface area contributed by atoms with Crippen LogP contribution in [0.15, 0.2) is 36.7 Å². The number of carbonyl (C=O) groups excluding carboxylic acids is 1. The predicted molar refractivity (Wildman–Crippen MR) is 89.1 cm³/mol. The van der Waals surface area contributed by atoms with Gasteiger partial charge in [0.15, 0.2) is 0 Å². The quantitative estimate of drug-likeness (QED) is 0.755. The normalized spacial score (nSPS) is 13.4. The number of benzene rings is 1. The summed E-state index contributed by atoms with van der Waals surface area (Å²) in [5.74, 6) is 0. The second-order valence-electron chi connectivity index (χ2n) is 6.03. The zero-order chi connectivity index (χ0) is 16.9. The van der Waals surface area contributed by atoms with Gasteiger partial charge in [-0.3, -0.25) is 4.68 Å². The van der Waals surface area contributed by atoms with E-state index in [0.29, 0.717) is 12.1 Å². The molecule has 1 aromatic carbocycles. The fraction of sp³-hybridized carbons (Fsp3) is 0.412. The third kappa shape index (κ3) is 5.10. The second kappa shape index (κ2) is 7.28. The number of aliphatic hydroxyl groups is 1. The van der Waals surface area contributed by atoms with Gasteiger partial charge in [-0.25, -0.2) is 4.79 Å². The van der Waals surface area contributed by atoms with E-state index >= 15 is 0 Å². The molecule has 23 heavy (non-hydrogen) atoms. The van der Waals surface area contributed by atoms with Crippen molar-refractivity contribution in [2.24, 2.45) is 7.05 Å². The number of carbonyl (C=O) groups is 1. The van der Waals surface area contributed by atoms with Gasteiger partial charge in [0.05, 0.1) is 12.7 Å². The number of aryl methyl sites for hydroxylation is 2. The van der Waals surface area contributed by atoms with E-state index in [1.54, 1.807) is 31.0 Å². The maximum Gasteiger partial charge on any atom is 0.314 e. The molecule has 1 heterocycles. The summed E-state index contributed by atoms with van der Waals surface area (Å²) in [6.45, 7) is 4.36. The largest absolute Gasteiger partial charge is 0.383 e. The molecule has 0 fully saturated rings. The first kappa shape index (κ1) is 17.0. The first-order chi connectivity index (χ1) is 10.9. The van der Waals surface area contributed by atoms with Crippen molar-refractivity contribution in [3.05, 3.63) is 53.3 Å². The average Bonchev–Trinajstić information content (AvgIpc) is 2.93. The lowest BCUT2D eigenvalue weighted by molar-refractivity contribution is 0.0593. The minimum absolute atomic E-state index is 0.120. The molecule has 0 bridgehead atoms. The van der Waals surface area contributed by atoms with Crippen LogP contribution >= 0.6 is 0 Å². The number of amides is 2. The maximum absolute atomic E-state index is 11.8. The number of rotatable bonds is 6. The van der Waals surface area contributed by atoms with Gasteiger partial charge in [0.25, 0.3) is 0 Å². The van der Waals surface area contributed by atoms with Crippen molar-refractivity contribution in [3.63, 3.8) is 0 Å². The molecule has 0 aliphatic carbocycles. The second-order valence-corrected chi connectivity index (χ2v) is 6.03. The van der Waals surface area contributed by atoms with Crippen molar-refractivity contribution in [2.45, 2.75) is 25.9 Å². The monoisotopic (exact) mass is 316 g/mol. The Bertz CT molecular complexity index is 664. The molecule has 6 heteroatoms. The van der Waals surface area contributed by atoms with Gasteiger partial charge in [-0.15, -0.1) is 0 Å². The van der Waals surface area contributed by atoms with Crippen molar-refractivity contribution < 1.29 is 9.90 Å². The molecule has 0 saturated carbocycles. The number of nitrogens with one attached hydrogen (secondary N) is 2. The zero-order valence-electron chi connectivity index (χ0n) is 13.8. The Morgan fingerprint density at radius 3 is 2.83 bits per heavy atom. The van der Waals surface area contributed by atoms with Gasteiger partial charge < -0.3 is 15.7 Å². The summed E-state index contributed by atoms with van der Waals surface area (Å²) in [6.07, 6.45) is 4.10. The standard InChI is InChI=1S/C17H24N4O2/c1-13-5-4-6-14(9-13)7-8-18-16(22)19-12-17(2,23)15-10-20-21(3)11-15/h4-6,9-11,23H,7-8,12H2,1-3H3,(H2,18,19,22). The Labute approximate surface area is 136 Å². The fourth-order valence-electron chi connectivity index (χ4n) is 2.30. The van der Waals surface area contributed by atoms with E-state index in [9.17, 15) is 9.90 Å². The molecule has 0 saturated heterocycles. The van der Waals surface area contributed by atoms with Gasteiger partial charge in [-0.1, -0.05) is 29.8 Å². The summed E-state index contributed by atoms with van der Waals surface area (Å²) < 4.78 is 1.62. The van der Waals surface area contributed by atoms with Crippen LogP contribution in [-0.4, -0.2) is 34.0 Å². The van der Waals surface area contributed by atoms with Crippen LogP contribution in [0.3, 0.4) is 0 Å². The summed E-state index contributed by atoms with van der Waals surface area (Å²) >= 11 is 0. The number of hydrogen-bond donors (Lipinski definition) is 3. The minimum atomic E-state index is -1.15. The van der Waals surface area contributed by atoms with Gasteiger partial charge in [0, 0.05) is 25.4 Å². The number of hydrogen-bond acceptors (Lipinski definition) is 3. The van der Waals surface area contributed by atoms with E-state index in [1.165, 1.54) is 11.1 Å². The van der Waals surface area contributed by atoms with Gasteiger partial charge in [0.1, 0.15) is 5.60 Å². The van der Waals surface area contributed by atoms with Gasteiger partial charge in [-0.05, 0) is 25.8 Å². The van der Waals surface area contributed by atoms with Crippen LogP contribution < -0.4 is 10.6 Å². The summed E-state index contributed by atoms with van der Waals surface area (Å²) in [5.41, 5.74) is 1.91. The molecule has 1 aromatic heterocycles. The Hall–Kier alpha value is -2.34. The van der Waals surface area contributed by atoms with Gasteiger partial charge in [-0.2, -0.15) is 5.10 Å². The highest BCUT2D eigenvalue weighted by molar-refractivity contribution is 5.73. The lowest BCUT2D eigenvalue weighted by Crippen LogP contribution is -2.43. The number of nitrogens with zero attached hydrogens (tertiary/aromatic N) is 2. The van der Waals surface area contributed by atoms with E-state index in [1.807, 2.05) is 25.1 Å². The topological polar surface area (TPSA) is 79.2 Å². The Morgan fingerprint density at radius 1 is 1.39 bits per heavy atom. The van der Waals surface area contributed by atoms with E-state index in [0.717, 1.165) is 6.42 Å². The fourth-order valence-corrected chi connectivity index (χ4v) is 2.30. The van der Waals surface area contributed by atoms with E-state index in [2.05, 4.69) is 21.8 Å². The van der Waals surface area contributed by atoms with Crippen molar-refractivity contribution in [2.75, 3.05) is 13.1 Å². The molecule has 6 nitrogen and oxygen atoms in total. The maximum atomic E-state index is 11.8. The Morgan fingerprint density at radius 2 is 2.17 bits per heavy atom.